The lowest BCUT2D eigenvalue weighted by Gasteiger charge is -2.47. The Morgan fingerprint density at radius 3 is 2.39 bits per heavy atom. The van der Waals surface area contributed by atoms with Crippen molar-refractivity contribution in [2.24, 2.45) is 0 Å². The summed E-state index contributed by atoms with van der Waals surface area (Å²) in [6.07, 6.45) is -1.27. The van der Waals surface area contributed by atoms with Crippen molar-refractivity contribution in [1.82, 2.24) is 0 Å². The molecule has 0 radical (unpaired) electrons. The number of aliphatic hydroxyl groups is 1. The molecule has 3 fully saturated rings. The molecule has 0 aromatic rings. The fraction of sp³-hybridized carbons (Fsp3) is 1.00. The summed E-state index contributed by atoms with van der Waals surface area (Å²) in [5.41, 5.74) is -0.148. The molecule has 3 saturated heterocycles. The van der Waals surface area contributed by atoms with Gasteiger partial charge in [0.25, 0.3) is 0 Å². The standard InChI is InChI=1S/C12H20O5S/c1-11(2)14-5-6-8(15-11)7(13)9-10(18-6)17-12(3,4)16-9/h6-10,13H,5H2,1-4H3/t6-,7+,8-,9-,10+/m1/s1. The maximum atomic E-state index is 10.4. The fourth-order valence-electron chi connectivity index (χ4n) is 2.67. The number of rotatable bonds is 0. The molecule has 5 nitrogen and oxygen atoms in total. The van der Waals surface area contributed by atoms with Gasteiger partial charge in [0, 0.05) is 0 Å². The van der Waals surface area contributed by atoms with Crippen molar-refractivity contribution in [2.45, 2.75) is 68.3 Å². The molecule has 5 atom stereocenters. The predicted molar refractivity (Wildman–Crippen MR) is 66.1 cm³/mol. The second-order valence-electron chi connectivity index (χ2n) is 5.93. The Morgan fingerprint density at radius 2 is 1.67 bits per heavy atom. The van der Waals surface area contributed by atoms with Crippen molar-refractivity contribution in [3.8, 4) is 0 Å². The number of hydrogen-bond donors (Lipinski definition) is 1. The zero-order valence-corrected chi connectivity index (χ0v) is 11.9. The summed E-state index contributed by atoms with van der Waals surface area (Å²) in [5, 5.41) is 10.5. The molecule has 3 heterocycles. The van der Waals surface area contributed by atoms with Gasteiger partial charge in [0.05, 0.1) is 11.9 Å². The van der Waals surface area contributed by atoms with Gasteiger partial charge in [0.1, 0.15) is 23.7 Å². The summed E-state index contributed by atoms with van der Waals surface area (Å²) >= 11 is 1.64. The summed E-state index contributed by atoms with van der Waals surface area (Å²) in [5.74, 6) is -1.29. The molecular formula is C12H20O5S. The second-order valence-corrected chi connectivity index (χ2v) is 7.27. The Labute approximate surface area is 111 Å². The third-order valence-electron chi connectivity index (χ3n) is 3.45. The van der Waals surface area contributed by atoms with Crippen LogP contribution in [0.25, 0.3) is 0 Å². The van der Waals surface area contributed by atoms with E-state index >= 15 is 0 Å². The molecular weight excluding hydrogens is 256 g/mol. The normalized spacial score (nSPS) is 49.5. The lowest BCUT2D eigenvalue weighted by Crippen LogP contribution is -2.60. The maximum Gasteiger partial charge on any atom is 0.165 e. The molecule has 0 aromatic carbocycles. The molecule has 0 spiro atoms. The Bertz CT molecular complexity index is 343. The minimum atomic E-state index is -0.675. The van der Waals surface area contributed by atoms with Gasteiger partial charge < -0.3 is 24.1 Å². The summed E-state index contributed by atoms with van der Waals surface area (Å²) < 4.78 is 23.0. The highest BCUT2D eigenvalue weighted by molar-refractivity contribution is 8.00. The number of aliphatic hydroxyl groups excluding tert-OH is 1. The Hall–Kier alpha value is 0.150. The monoisotopic (exact) mass is 276 g/mol. The molecule has 0 amide bonds. The van der Waals surface area contributed by atoms with Gasteiger partial charge in [-0.1, -0.05) is 0 Å². The van der Waals surface area contributed by atoms with Crippen LogP contribution in [0.15, 0.2) is 0 Å². The number of fused-ring (bicyclic) bond motifs is 2. The van der Waals surface area contributed by atoms with Crippen molar-refractivity contribution in [3.05, 3.63) is 0 Å². The van der Waals surface area contributed by atoms with Gasteiger partial charge >= 0.3 is 0 Å². The summed E-state index contributed by atoms with van der Waals surface area (Å²) in [7, 11) is 0. The molecule has 0 unspecified atom stereocenters. The molecule has 1 N–H and O–H groups in total. The van der Waals surface area contributed by atoms with Gasteiger partial charge in [0.15, 0.2) is 11.6 Å². The van der Waals surface area contributed by atoms with Crippen LogP contribution < -0.4 is 0 Å². The first-order valence-electron chi connectivity index (χ1n) is 6.28. The summed E-state index contributed by atoms with van der Waals surface area (Å²) in [4.78, 5) is 0. The van der Waals surface area contributed by atoms with Crippen LogP contribution in [0.3, 0.4) is 0 Å². The third-order valence-corrected chi connectivity index (χ3v) is 4.84. The van der Waals surface area contributed by atoms with Gasteiger partial charge in [-0.15, -0.1) is 11.8 Å². The van der Waals surface area contributed by atoms with E-state index < -0.39 is 17.7 Å². The first-order chi connectivity index (χ1) is 8.27. The minimum Gasteiger partial charge on any atom is -0.388 e. The average Bonchev–Trinajstić information content (AvgIpc) is 2.54. The van der Waals surface area contributed by atoms with Crippen molar-refractivity contribution in [3.63, 3.8) is 0 Å². The molecule has 6 heteroatoms. The maximum absolute atomic E-state index is 10.4. The molecule has 3 aliphatic rings. The number of hydrogen-bond acceptors (Lipinski definition) is 6. The van der Waals surface area contributed by atoms with Crippen molar-refractivity contribution >= 4 is 11.8 Å². The van der Waals surface area contributed by atoms with Crippen molar-refractivity contribution < 1.29 is 24.1 Å². The molecule has 0 aromatic heterocycles. The van der Waals surface area contributed by atoms with E-state index in [1.54, 1.807) is 11.8 Å². The Balaban J connectivity index is 1.80. The van der Waals surface area contributed by atoms with Crippen LogP contribution in [0.5, 0.6) is 0 Å². The van der Waals surface area contributed by atoms with Crippen LogP contribution in [-0.2, 0) is 18.9 Å². The van der Waals surface area contributed by atoms with E-state index in [9.17, 15) is 5.11 Å². The second kappa shape index (κ2) is 4.07. The fourth-order valence-corrected chi connectivity index (χ4v) is 4.20. The van der Waals surface area contributed by atoms with E-state index in [4.69, 9.17) is 18.9 Å². The topological polar surface area (TPSA) is 57.2 Å². The van der Waals surface area contributed by atoms with Crippen LogP contribution in [0, 0.1) is 0 Å². The smallest absolute Gasteiger partial charge is 0.165 e. The lowest BCUT2D eigenvalue weighted by atomic mass is 10.0. The van der Waals surface area contributed by atoms with Crippen molar-refractivity contribution in [1.29, 1.82) is 0 Å². The molecule has 0 saturated carbocycles. The SMILES string of the molecule is CC1(C)OC[C@H]2S[C@@H]3OC(C)(C)O[C@@H]3[C@@H](O)[C@@H]2O1. The lowest BCUT2D eigenvalue weighted by molar-refractivity contribution is -0.294. The molecule has 0 bridgehead atoms. The third kappa shape index (κ3) is 2.19. The predicted octanol–water partition coefficient (Wildman–Crippen LogP) is 1.09. The van der Waals surface area contributed by atoms with Crippen LogP contribution in [0.2, 0.25) is 0 Å². The van der Waals surface area contributed by atoms with Crippen LogP contribution in [0.1, 0.15) is 27.7 Å². The van der Waals surface area contributed by atoms with Crippen LogP contribution in [-0.4, -0.2) is 52.3 Å². The molecule has 18 heavy (non-hydrogen) atoms. The van der Waals surface area contributed by atoms with Crippen LogP contribution >= 0.6 is 11.8 Å². The van der Waals surface area contributed by atoms with E-state index in [1.165, 1.54) is 0 Å². The zero-order chi connectivity index (χ0) is 13.1. The number of ether oxygens (including phenoxy) is 4. The van der Waals surface area contributed by atoms with E-state index in [0.29, 0.717) is 6.61 Å². The first-order valence-corrected chi connectivity index (χ1v) is 7.23. The van der Waals surface area contributed by atoms with Crippen LogP contribution in [0.4, 0.5) is 0 Å². The van der Waals surface area contributed by atoms with E-state index in [1.807, 2.05) is 27.7 Å². The van der Waals surface area contributed by atoms with Gasteiger partial charge in [-0.2, -0.15) is 0 Å². The Kier molecular flexibility index (Phi) is 2.97. The van der Waals surface area contributed by atoms with Crippen molar-refractivity contribution in [2.75, 3.05) is 6.61 Å². The van der Waals surface area contributed by atoms with E-state index in [0.717, 1.165) is 0 Å². The van der Waals surface area contributed by atoms with Gasteiger partial charge in [-0.25, -0.2) is 0 Å². The van der Waals surface area contributed by atoms with Gasteiger partial charge in [-0.3, -0.25) is 0 Å². The molecule has 3 rings (SSSR count). The summed E-state index contributed by atoms with van der Waals surface area (Å²) in [6, 6.07) is 0. The molecule has 104 valence electrons. The highest BCUT2D eigenvalue weighted by atomic mass is 32.2. The Morgan fingerprint density at radius 1 is 1.00 bits per heavy atom. The highest BCUT2D eigenvalue weighted by Gasteiger charge is 2.56. The van der Waals surface area contributed by atoms with E-state index in [2.05, 4.69) is 0 Å². The average molecular weight is 276 g/mol. The molecule has 3 aliphatic heterocycles. The van der Waals surface area contributed by atoms with Gasteiger partial charge in [-0.05, 0) is 27.7 Å². The zero-order valence-electron chi connectivity index (χ0n) is 11.1. The first kappa shape index (κ1) is 13.1. The largest absolute Gasteiger partial charge is 0.388 e. The quantitative estimate of drug-likeness (QED) is 0.715. The summed E-state index contributed by atoms with van der Waals surface area (Å²) in [6.45, 7) is 8.02. The van der Waals surface area contributed by atoms with Gasteiger partial charge in [0.2, 0.25) is 0 Å². The molecule has 0 aliphatic carbocycles. The van der Waals surface area contributed by atoms with E-state index in [-0.39, 0.29) is 22.9 Å². The minimum absolute atomic E-state index is 0.0896. The number of thioether (sulfide) groups is 1. The highest BCUT2D eigenvalue weighted by Crippen LogP contribution is 2.46.